The van der Waals surface area contributed by atoms with Crippen LogP contribution < -0.4 is 15.4 Å². The zero-order valence-electron chi connectivity index (χ0n) is 22.0. The molecule has 0 saturated heterocycles. The predicted molar refractivity (Wildman–Crippen MR) is 138 cm³/mol. The molecule has 1 unspecified atom stereocenters. The average molecular weight is 502 g/mol. The third-order valence-electron chi connectivity index (χ3n) is 4.74. The molecule has 2 amide bonds. The van der Waals surface area contributed by atoms with Crippen LogP contribution in [-0.4, -0.2) is 57.1 Å². The van der Waals surface area contributed by atoms with Crippen LogP contribution in [0.1, 0.15) is 57.8 Å². The minimum Gasteiger partial charge on any atom is -0.490 e. The topological polar surface area (TPSA) is 135 Å². The molecule has 0 aliphatic heterocycles. The first-order valence-electron chi connectivity index (χ1n) is 12.2. The Kier molecular flexibility index (Phi) is 14.7. The highest BCUT2D eigenvalue weighted by Crippen LogP contribution is 2.19. The Bertz CT molecular complexity index is 934. The van der Waals surface area contributed by atoms with E-state index in [1.165, 1.54) is 0 Å². The number of rotatable bonds is 16. The monoisotopic (exact) mass is 501 g/mol. The van der Waals surface area contributed by atoms with Crippen LogP contribution >= 0.6 is 0 Å². The molecule has 1 aromatic rings. The third kappa shape index (κ3) is 14.2. The predicted octanol–water partition coefficient (Wildman–Crippen LogP) is 4.07. The van der Waals surface area contributed by atoms with Crippen molar-refractivity contribution >= 4 is 11.8 Å². The molecule has 1 aromatic carbocycles. The molecule has 10 heteroatoms. The molecule has 36 heavy (non-hydrogen) atoms. The number of ether oxygens (including phenoxy) is 3. The summed E-state index contributed by atoms with van der Waals surface area (Å²) in [6.07, 6.45) is 1.97. The van der Waals surface area contributed by atoms with Gasteiger partial charge in [-0.25, -0.2) is 0 Å². The summed E-state index contributed by atoms with van der Waals surface area (Å²) in [5.41, 5.74) is 8.11. The van der Waals surface area contributed by atoms with E-state index in [-0.39, 0.29) is 50.7 Å². The molecule has 0 aliphatic carbocycles. The number of azide groups is 1. The van der Waals surface area contributed by atoms with Crippen LogP contribution in [0.25, 0.3) is 10.4 Å². The van der Waals surface area contributed by atoms with Crippen molar-refractivity contribution in [3.8, 4) is 17.6 Å². The quantitative estimate of drug-likeness (QED) is 0.116. The molecule has 1 rings (SSSR count). The van der Waals surface area contributed by atoms with Crippen molar-refractivity contribution < 1.29 is 23.8 Å². The average Bonchev–Trinajstić information content (AvgIpc) is 2.83. The number of benzene rings is 1. The van der Waals surface area contributed by atoms with Gasteiger partial charge < -0.3 is 24.8 Å². The number of amides is 2. The molecule has 198 valence electrons. The fraction of sp³-hybridized carbons (Fsp3) is 0.615. The van der Waals surface area contributed by atoms with Crippen molar-refractivity contribution in [2.75, 3.05) is 39.5 Å². The van der Waals surface area contributed by atoms with Gasteiger partial charge in [-0.1, -0.05) is 50.7 Å². The SMILES string of the molecule is CC(C)C#CCNC(=O)COCCOC(C)(COc1cccc(C(=O)NCCCC(C)C)c1)N=[N+]=[N-]. The lowest BCUT2D eigenvalue weighted by molar-refractivity contribution is -0.127. The van der Waals surface area contributed by atoms with Crippen molar-refractivity contribution in [3.63, 3.8) is 0 Å². The Morgan fingerprint density at radius 2 is 1.97 bits per heavy atom. The molecule has 0 spiro atoms. The lowest BCUT2D eigenvalue weighted by Crippen LogP contribution is -2.35. The molecule has 2 N–H and O–H groups in total. The highest BCUT2D eigenvalue weighted by atomic mass is 16.6. The number of hydrogen-bond acceptors (Lipinski definition) is 6. The van der Waals surface area contributed by atoms with Crippen LogP contribution in [0.5, 0.6) is 5.75 Å². The van der Waals surface area contributed by atoms with Gasteiger partial charge in [-0.15, -0.1) is 0 Å². The molecule has 0 aromatic heterocycles. The molecule has 10 nitrogen and oxygen atoms in total. The van der Waals surface area contributed by atoms with Crippen LogP contribution in [0.3, 0.4) is 0 Å². The summed E-state index contributed by atoms with van der Waals surface area (Å²) >= 11 is 0. The third-order valence-corrected chi connectivity index (χ3v) is 4.74. The highest BCUT2D eigenvalue weighted by Gasteiger charge is 2.25. The van der Waals surface area contributed by atoms with Gasteiger partial charge in [0.25, 0.3) is 5.91 Å². The Morgan fingerprint density at radius 3 is 2.67 bits per heavy atom. The fourth-order valence-electron chi connectivity index (χ4n) is 2.89. The summed E-state index contributed by atoms with van der Waals surface area (Å²) in [7, 11) is 0. The molecule has 0 radical (unpaired) electrons. The number of nitrogens with zero attached hydrogens (tertiary/aromatic N) is 3. The largest absolute Gasteiger partial charge is 0.490 e. The van der Waals surface area contributed by atoms with E-state index in [1.54, 1.807) is 31.2 Å². The summed E-state index contributed by atoms with van der Waals surface area (Å²) in [6.45, 7) is 10.7. The van der Waals surface area contributed by atoms with E-state index in [9.17, 15) is 9.59 Å². The first-order chi connectivity index (χ1) is 17.1. The van der Waals surface area contributed by atoms with Gasteiger partial charge in [0.15, 0.2) is 5.72 Å². The lowest BCUT2D eigenvalue weighted by atomic mass is 10.1. The number of carbonyl (C=O) groups is 2. The Labute approximate surface area is 214 Å². The van der Waals surface area contributed by atoms with Gasteiger partial charge in [-0.05, 0) is 49.4 Å². The van der Waals surface area contributed by atoms with E-state index < -0.39 is 5.72 Å². The van der Waals surface area contributed by atoms with Crippen molar-refractivity contribution in [2.45, 2.75) is 53.2 Å². The second-order valence-corrected chi connectivity index (χ2v) is 9.13. The van der Waals surface area contributed by atoms with Crippen molar-refractivity contribution in [1.82, 2.24) is 10.6 Å². The zero-order valence-corrected chi connectivity index (χ0v) is 22.0. The van der Waals surface area contributed by atoms with Crippen LogP contribution in [0.4, 0.5) is 0 Å². The number of hydrogen-bond donors (Lipinski definition) is 2. The Hall–Kier alpha value is -3.25. The van der Waals surface area contributed by atoms with E-state index in [0.29, 0.717) is 23.8 Å². The molecular weight excluding hydrogens is 462 g/mol. The standard InChI is InChI=1S/C26H39N5O5/c1-20(2)9-7-13-28-24(32)18-34-15-16-36-26(5,30-31-27)19-35-23-12-6-11-22(17-23)25(33)29-14-8-10-21(3)4/h6,11-12,17,20-21H,8,10,13-16,18-19H2,1-5H3,(H,28,32)(H,29,33). The van der Waals surface area contributed by atoms with Gasteiger partial charge in [0.05, 0.1) is 19.8 Å². The molecule has 0 aliphatic rings. The van der Waals surface area contributed by atoms with E-state index in [4.69, 9.17) is 19.7 Å². The van der Waals surface area contributed by atoms with Gasteiger partial charge >= 0.3 is 0 Å². The molecule has 1 atom stereocenters. The van der Waals surface area contributed by atoms with Gasteiger partial charge in [0, 0.05) is 22.9 Å². The lowest BCUT2D eigenvalue weighted by Gasteiger charge is -2.24. The minimum atomic E-state index is -1.30. The second kappa shape index (κ2) is 17.2. The molecule has 0 saturated carbocycles. The van der Waals surface area contributed by atoms with Gasteiger partial charge in [-0.3, -0.25) is 9.59 Å². The highest BCUT2D eigenvalue weighted by molar-refractivity contribution is 5.94. The first-order valence-corrected chi connectivity index (χ1v) is 12.2. The van der Waals surface area contributed by atoms with Gasteiger partial charge in [0.1, 0.15) is 19.0 Å². The van der Waals surface area contributed by atoms with Gasteiger partial charge in [0.2, 0.25) is 5.91 Å². The number of nitrogens with one attached hydrogen (secondary N) is 2. The van der Waals surface area contributed by atoms with Crippen LogP contribution in [0, 0.1) is 23.7 Å². The summed E-state index contributed by atoms with van der Waals surface area (Å²) < 4.78 is 16.7. The van der Waals surface area contributed by atoms with E-state index in [1.807, 2.05) is 13.8 Å². The summed E-state index contributed by atoms with van der Waals surface area (Å²) in [5.74, 6) is 6.65. The zero-order chi connectivity index (χ0) is 26.8. The normalized spacial score (nSPS) is 12.2. The van der Waals surface area contributed by atoms with Crippen molar-refractivity contribution in [2.24, 2.45) is 17.0 Å². The maximum absolute atomic E-state index is 12.4. The molecule has 0 bridgehead atoms. The molecular formula is C26H39N5O5. The van der Waals surface area contributed by atoms with Crippen molar-refractivity contribution in [1.29, 1.82) is 0 Å². The fourth-order valence-corrected chi connectivity index (χ4v) is 2.89. The first kappa shape index (κ1) is 30.8. The smallest absolute Gasteiger partial charge is 0.251 e. The Morgan fingerprint density at radius 1 is 1.19 bits per heavy atom. The van der Waals surface area contributed by atoms with Crippen LogP contribution in [0.15, 0.2) is 29.4 Å². The maximum Gasteiger partial charge on any atom is 0.251 e. The molecule has 0 heterocycles. The Balaban J connectivity index is 2.46. The summed E-state index contributed by atoms with van der Waals surface area (Å²) in [6, 6.07) is 6.76. The second-order valence-electron chi connectivity index (χ2n) is 9.13. The van der Waals surface area contributed by atoms with Crippen LogP contribution in [-0.2, 0) is 14.3 Å². The van der Waals surface area contributed by atoms with Crippen LogP contribution in [0.2, 0.25) is 0 Å². The molecule has 0 fully saturated rings. The summed E-state index contributed by atoms with van der Waals surface area (Å²) in [4.78, 5) is 27.0. The van der Waals surface area contributed by atoms with Gasteiger partial charge in [-0.2, -0.15) is 0 Å². The minimum absolute atomic E-state index is 0.0778. The number of carbonyl (C=O) groups excluding carboxylic acids is 2. The van der Waals surface area contributed by atoms with E-state index >= 15 is 0 Å². The maximum atomic E-state index is 12.4. The van der Waals surface area contributed by atoms with E-state index in [0.717, 1.165) is 12.8 Å². The summed E-state index contributed by atoms with van der Waals surface area (Å²) in [5, 5.41) is 9.24. The van der Waals surface area contributed by atoms with E-state index in [2.05, 4.69) is 46.3 Å². The van der Waals surface area contributed by atoms with Crippen molar-refractivity contribution in [3.05, 3.63) is 40.3 Å².